The molecule has 0 unspecified atom stereocenters. The van der Waals surface area contributed by atoms with Crippen molar-refractivity contribution in [3.8, 4) is 5.75 Å². The van der Waals surface area contributed by atoms with E-state index < -0.39 is 0 Å². The van der Waals surface area contributed by atoms with Crippen molar-refractivity contribution in [1.29, 1.82) is 0 Å². The molecule has 0 saturated heterocycles. The van der Waals surface area contributed by atoms with E-state index >= 15 is 0 Å². The van der Waals surface area contributed by atoms with Crippen LogP contribution in [0.3, 0.4) is 0 Å². The third kappa shape index (κ3) is 5.92. The predicted octanol–water partition coefficient (Wildman–Crippen LogP) is 5.32. The van der Waals surface area contributed by atoms with Crippen LogP contribution < -0.4 is 16.0 Å². The maximum Gasteiger partial charge on any atom is 0.257 e. The predicted molar refractivity (Wildman–Crippen MR) is 131 cm³/mol. The van der Waals surface area contributed by atoms with Crippen LogP contribution in [-0.2, 0) is 6.54 Å². The number of carbonyl (C=O) groups is 2. The number of benzene rings is 3. The highest BCUT2D eigenvalue weighted by Crippen LogP contribution is 2.26. The Morgan fingerprint density at radius 1 is 0.848 bits per heavy atom. The van der Waals surface area contributed by atoms with E-state index in [2.05, 4.69) is 16.0 Å². The van der Waals surface area contributed by atoms with Crippen LogP contribution in [-0.4, -0.2) is 23.0 Å². The third-order valence-corrected chi connectivity index (χ3v) is 5.95. The molecule has 0 aliphatic heterocycles. The summed E-state index contributed by atoms with van der Waals surface area (Å²) in [6.45, 7) is 0.194. The van der Waals surface area contributed by atoms with Gasteiger partial charge in [0.15, 0.2) is 0 Å². The number of phenolic OH excluding ortho intramolecular Hbond substituents is 1. The lowest BCUT2D eigenvalue weighted by Crippen LogP contribution is -2.26. The first-order chi connectivity index (χ1) is 16.1. The smallest absolute Gasteiger partial charge is 0.257 e. The van der Waals surface area contributed by atoms with Gasteiger partial charge in [0, 0.05) is 35.1 Å². The molecule has 2 amide bonds. The maximum atomic E-state index is 13.2. The van der Waals surface area contributed by atoms with Crippen molar-refractivity contribution in [2.24, 2.45) is 0 Å². The summed E-state index contributed by atoms with van der Waals surface area (Å²) in [6, 6.07) is 21.6. The van der Waals surface area contributed by atoms with Crippen LogP contribution >= 0.6 is 0 Å². The topological polar surface area (TPSA) is 90.5 Å². The monoisotopic (exact) mass is 443 g/mol. The van der Waals surface area contributed by atoms with Gasteiger partial charge in [0.1, 0.15) is 5.75 Å². The van der Waals surface area contributed by atoms with Gasteiger partial charge < -0.3 is 21.1 Å². The lowest BCUT2D eigenvalue weighted by atomic mass is 9.94. The Hall–Kier alpha value is -3.80. The summed E-state index contributed by atoms with van der Waals surface area (Å²) >= 11 is 0. The average Bonchev–Trinajstić information content (AvgIpc) is 2.85. The van der Waals surface area contributed by atoms with Crippen LogP contribution in [0.2, 0.25) is 0 Å². The lowest BCUT2D eigenvalue weighted by Gasteiger charge is -2.25. The fourth-order valence-electron chi connectivity index (χ4n) is 4.12. The molecule has 1 fully saturated rings. The van der Waals surface area contributed by atoms with Gasteiger partial charge in [0.05, 0.1) is 5.56 Å². The van der Waals surface area contributed by atoms with Gasteiger partial charge in [-0.3, -0.25) is 9.59 Å². The highest BCUT2D eigenvalue weighted by molar-refractivity contribution is 6.09. The van der Waals surface area contributed by atoms with Crippen molar-refractivity contribution in [1.82, 2.24) is 5.32 Å². The highest BCUT2D eigenvalue weighted by Gasteiger charge is 2.19. The summed E-state index contributed by atoms with van der Waals surface area (Å²) in [4.78, 5) is 26.0. The van der Waals surface area contributed by atoms with Crippen LogP contribution in [0.15, 0.2) is 72.8 Å². The molecule has 0 heterocycles. The van der Waals surface area contributed by atoms with Crippen molar-refractivity contribution in [3.63, 3.8) is 0 Å². The number of para-hydroxylation sites is 2. The van der Waals surface area contributed by atoms with E-state index in [1.165, 1.54) is 19.3 Å². The van der Waals surface area contributed by atoms with Crippen LogP contribution in [0, 0.1) is 0 Å². The highest BCUT2D eigenvalue weighted by atomic mass is 16.3. The first-order valence-electron chi connectivity index (χ1n) is 11.4. The summed E-state index contributed by atoms with van der Waals surface area (Å²) < 4.78 is 0. The Balaban J connectivity index is 1.55. The Morgan fingerprint density at radius 3 is 2.33 bits per heavy atom. The molecule has 3 aromatic carbocycles. The van der Waals surface area contributed by atoms with E-state index in [-0.39, 0.29) is 24.1 Å². The van der Waals surface area contributed by atoms with E-state index in [0.717, 1.165) is 18.5 Å². The molecule has 170 valence electrons. The largest absolute Gasteiger partial charge is 0.508 e. The minimum Gasteiger partial charge on any atom is -0.508 e. The Kier molecular flexibility index (Phi) is 7.25. The van der Waals surface area contributed by atoms with Crippen LogP contribution in [0.5, 0.6) is 5.75 Å². The van der Waals surface area contributed by atoms with Gasteiger partial charge in [-0.25, -0.2) is 0 Å². The molecule has 4 rings (SSSR count). The quantitative estimate of drug-likeness (QED) is 0.398. The second-order valence-electron chi connectivity index (χ2n) is 8.37. The molecule has 4 N–H and O–H groups in total. The fourth-order valence-corrected chi connectivity index (χ4v) is 4.12. The summed E-state index contributed by atoms with van der Waals surface area (Å²) in [5, 5.41) is 19.2. The summed E-state index contributed by atoms with van der Waals surface area (Å²) in [6.07, 6.45) is 5.74. The van der Waals surface area contributed by atoms with Gasteiger partial charge in [0.25, 0.3) is 11.8 Å². The van der Waals surface area contributed by atoms with Gasteiger partial charge in [-0.15, -0.1) is 0 Å². The van der Waals surface area contributed by atoms with Gasteiger partial charge in [-0.05, 0) is 49.2 Å². The number of hydrogen-bond donors (Lipinski definition) is 4. The summed E-state index contributed by atoms with van der Waals surface area (Å²) in [5.41, 5.74) is 2.87. The molecule has 1 aliphatic carbocycles. The Labute approximate surface area is 194 Å². The molecule has 33 heavy (non-hydrogen) atoms. The zero-order valence-corrected chi connectivity index (χ0v) is 18.5. The Morgan fingerprint density at radius 2 is 1.58 bits per heavy atom. The molecule has 0 radical (unpaired) electrons. The maximum absolute atomic E-state index is 13.2. The first kappa shape index (κ1) is 22.4. The molecule has 0 aromatic heterocycles. The average molecular weight is 444 g/mol. The minimum absolute atomic E-state index is 0.132. The van der Waals surface area contributed by atoms with E-state index in [1.54, 1.807) is 36.4 Å². The second kappa shape index (κ2) is 10.7. The molecular weight excluding hydrogens is 414 g/mol. The number of rotatable bonds is 7. The first-order valence-corrected chi connectivity index (χ1v) is 11.4. The normalized spacial score (nSPS) is 13.8. The van der Waals surface area contributed by atoms with Crippen molar-refractivity contribution >= 4 is 23.2 Å². The molecule has 0 atom stereocenters. The molecular formula is C27H29N3O3. The summed E-state index contributed by atoms with van der Waals surface area (Å²) in [5.74, 6) is -0.446. The number of amides is 2. The Bertz CT molecular complexity index is 1110. The van der Waals surface area contributed by atoms with Gasteiger partial charge in [-0.1, -0.05) is 55.7 Å². The van der Waals surface area contributed by atoms with E-state index in [1.807, 2.05) is 36.4 Å². The van der Waals surface area contributed by atoms with E-state index in [9.17, 15) is 14.7 Å². The minimum atomic E-state index is -0.309. The van der Waals surface area contributed by atoms with Crippen molar-refractivity contribution < 1.29 is 14.7 Å². The number of carbonyl (C=O) groups excluding carboxylic acids is 2. The van der Waals surface area contributed by atoms with Crippen LogP contribution in [0.4, 0.5) is 11.4 Å². The second-order valence-corrected chi connectivity index (χ2v) is 8.37. The number of nitrogens with one attached hydrogen (secondary N) is 3. The number of anilines is 2. The van der Waals surface area contributed by atoms with Crippen LogP contribution in [0.25, 0.3) is 0 Å². The molecule has 0 bridgehead atoms. The van der Waals surface area contributed by atoms with E-state index in [4.69, 9.17) is 0 Å². The molecule has 0 spiro atoms. The number of aromatic hydroxyl groups is 1. The zero-order chi connectivity index (χ0) is 23.0. The molecule has 1 saturated carbocycles. The van der Waals surface area contributed by atoms with Gasteiger partial charge in [-0.2, -0.15) is 0 Å². The number of phenols is 1. The third-order valence-electron chi connectivity index (χ3n) is 5.95. The van der Waals surface area contributed by atoms with Gasteiger partial charge in [0.2, 0.25) is 0 Å². The molecule has 6 heteroatoms. The molecule has 1 aliphatic rings. The van der Waals surface area contributed by atoms with Crippen molar-refractivity contribution in [3.05, 3.63) is 89.5 Å². The fraction of sp³-hybridized carbons (Fsp3) is 0.259. The molecule has 3 aromatic rings. The van der Waals surface area contributed by atoms with Gasteiger partial charge >= 0.3 is 0 Å². The van der Waals surface area contributed by atoms with E-state index in [0.29, 0.717) is 28.4 Å². The molecule has 6 nitrogen and oxygen atoms in total. The standard InChI is InChI=1S/C27H29N3O3/c31-25-14-8-7-9-20(25)18-28-26(32)19-15-16-24(29-21-10-3-1-4-11-21)23(17-19)27(33)30-22-12-5-2-6-13-22/h2,5-9,12-17,21,29,31H,1,3-4,10-11,18H2,(H,28,32)(H,30,33). The van der Waals surface area contributed by atoms with Crippen LogP contribution in [0.1, 0.15) is 58.4 Å². The number of hydrogen-bond acceptors (Lipinski definition) is 4. The van der Waals surface area contributed by atoms with Crippen molar-refractivity contribution in [2.75, 3.05) is 10.6 Å². The lowest BCUT2D eigenvalue weighted by molar-refractivity contribution is 0.0950. The van der Waals surface area contributed by atoms with Crippen molar-refractivity contribution in [2.45, 2.75) is 44.7 Å². The SMILES string of the molecule is O=C(NCc1ccccc1O)c1ccc(NC2CCCCC2)c(C(=O)Nc2ccccc2)c1. The zero-order valence-electron chi connectivity index (χ0n) is 18.5. The summed E-state index contributed by atoms with van der Waals surface area (Å²) in [7, 11) is 0.